The first-order chi connectivity index (χ1) is 9.43. The minimum atomic E-state index is -1.04. The number of hydrogen-bond acceptors (Lipinski definition) is 2. The molecule has 20 heavy (non-hydrogen) atoms. The summed E-state index contributed by atoms with van der Waals surface area (Å²) in [5, 5.41) is 2.87. The van der Waals surface area contributed by atoms with Crippen molar-refractivity contribution in [3.63, 3.8) is 0 Å². The number of carbonyl (C=O) groups excluding carboxylic acids is 2. The molecule has 108 valence electrons. The number of aryl methyl sites for hydroxylation is 1. The van der Waals surface area contributed by atoms with Crippen LogP contribution in [-0.4, -0.2) is 29.8 Å². The summed E-state index contributed by atoms with van der Waals surface area (Å²) in [5.41, 5.74) is 0.720. The van der Waals surface area contributed by atoms with E-state index in [1.807, 2.05) is 31.2 Å². The van der Waals surface area contributed by atoms with Crippen LogP contribution >= 0.6 is 0 Å². The SMILES string of the molecule is Cc1ccccc1NC(=O)C(C)(C)C(=O)N1CCCC1. The second-order valence-electron chi connectivity index (χ2n) is 5.89. The lowest BCUT2D eigenvalue weighted by Crippen LogP contribution is -2.46. The third-order valence-corrected chi connectivity index (χ3v) is 3.89. The van der Waals surface area contributed by atoms with Gasteiger partial charge < -0.3 is 10.2 Å². The number of anilines is 1. The minimum Gasteiger partial charge on any atom is -0.342 e. The number of likely N-dealkylation sites (tertiary alicyclic amines) is 1. The summed E-state index contributed by atoms with van der Waals surface area (Å²) in [6.45, 7) is 6.85. The van der Waals surface area contributed by atoms with Crippen molar-refractivity contribution in [1.82, 2.24) is 4.90 Å². The fraction of sp³-hybridized carbons (Fsp3) is 0.500. The van der Waals surface area contributed by atoms with E-state index < -0.39 is 5.41 Å². The molecule has 1 aromatic rings. The molecule has 1 aliphatic heterocycles. The highest BCUT2D eigenvalue weighted by Gasteiger charge is 2.39. The van der Waals surface area contributed by atoms with Gasteiger partial charge in [-0.25, -0.2) is 0 Å². The maximum atomic E-state index is 12.4. The second-order valence-corrected chi connectivity index (χ2v) is 5.89. The van der Waals surface area contributed by atoms with Crippen LogP contribution in [0, 0.1) is 12.3 Å². The highest BCUT2D eigenvalue weighted by molar-refractivity contribution is 6.10. The summed E-state index contributed by atoms with van der Waals surface area (Å²) >= 11 is 0. The van der Waals surface area contributed by atoms with E-state index in [2.05, 4.69) is 5.32 Å². The lowest BCUT2D eigenvalue weighted by atomic mass is 9.90. The molecule has 0 spiro atoms. The molecule has 0 saturated carbocycles. The van der Waals surface area contributed by atoms with Crippen molar-refractivity contribution in [2.75, 3.05) is 18.4 Å². The Kier molecular flexibility index (Phi) is 4.12. The number of carbonyl (C=O) groups is 2. The number of benzene rings is 1. The number of nitrogens with one attached hydrogen (secondary N) is 1. The summed E-state index contributed by atoms with van der Waals surface area (Å²) in [6, 6.07) is 7.58. The summed E-state index contributed by atoms with van der Waals surface area (Å²) in [4.78, 5) is 26.7. The summed E-state index contributed by atoms with van der Waals surface area (Å²) in [7, 11) is 0. The molecule has 0 aromatic heterocycles. The van der Waals surface area contributed by atoms with Crippen LogP contribution in [0.25, 0.3) is 0 Å². The Labute approximate surface area is 120 Å². The van der Waals surface area contributed by atoms with E-state index in [0.29, 0.717) is 0 Å². The van der Waals surface area contributed by atoms with E-state index in [1.165, 1.54) is 0 Å². The zero-order valence-electron chi connectivity index (χ0n) is 12.4. The molecule has 1 saturated heterocycles. The van der Waals surface area contributed by atoms with Gasteiger partial charge in [-0.1, -0.05) is 18.2 Å². The minimum absolute atomic E-state index is 0.0823. The molecule has 1 aliphatic rings. The molecule has 1 N–H and O–H groups in total. The van der Waals surface area contributed by atoms with Gasteiger partial charge in [0, 0.05) is 18.8 Å². The summed E-state index contributed by atoms with van der Waals surface area (Å²) in [5.74, 6) is -0.329. The van der Waals surface area contributed by atoms with Crippen molar-refractivity contribution in [2.45, 2.75) is 33.6 Å². The van der Waals surface area contributed by atoms with Crippen molar-refractivity contribution < 1.29 is 9.59 Å². The average Bonchev–Trinajstić information content (AvgIpc) is 2.94. The van der Waals surface area contributed by atoms with Crippen molar-refractivity contribution in [1.29, 1.82) is 0 Å². The molecule has 0 atom stereocenters. The van der Waals surface area contributed by atoms with Gasteiger partial charge in [0.15, 0.2) is 0 Å². The average molecular weight is 274 g/mol. The fourth-order valence-electron chi connectivity index (χ4n) is 2.40. The molecule has 4 heteroatoms. The van der Waals surface area contributed by atoms with Crippen LogP contribution in [0.4, 0.5) is 5.69 Å². The van der Waals surface area contributed by atoms with Gasteiger partial charge in [0.1, 0.15) is 5.41 Å². The Bertz CT molecular complexity index is 517. The monoisotopic (exact) mass is 274 g/mol. The van der Waals surface area contributed by atoms with Crippen LogP contribution in [0.1, 0.15) is 32.3 Å². The van der Waals surface area contributed by atoms with Crippen LogP contribution in [0.3, 0.4) is 0 Å². The number of amides is 2. The van der Waals surface area contributed by atoms with Crippen molar-refractivity contribution >= 4 is 17.5 Å². The van der Waals surface area contributed by atoms with E-state index in [9.17, 15) is 9.59 Å². The largest absolute Gasteiger partial charge is 0.342 e. The number of nitrogens with zero attached hydrogens (tertiary/aromatic N) is 1. The van der Waals surface area contributed by atoms with Gasteiger partial charge in [0.05, 0.1) is 0 Å². The van der Waals surface area contributed by atoms with Gasteiger partial charge >= 0.3 is 0 Å². The topological polar surface area (TPSA) is 49.4 Å². The number of hydrogen-bond donors (Lipinski definition) is 1. The Morgan fingerprint density at radius 3 is 2.35 bits per heavy atom. The van der Waals surface area contributed by atoms with Gasteiger partial charge in [0.2, 0.25) is 11.8 Å². The third-order valence-electron chi connectivity index (χ3n) is 3.89. The highest BCUT2D eigenvalue weighted by Crippen LogP contribution is 2.25. The van der Waals surface area contributed by atoms with E-state index in [4.69, 9.17) is 0 Å². The molecule has 2 rings (SSSR count). The molecule has 0 radical (unpaired) electrons. The van der Waals surface area contributed by atoms with Gasteiger partial charge in [-0.2, -0.15) is 0 Å². The van der Waals surface area contributed by atoms with Crippen LogP contribution in [0.5, 0.6) is 0 Å². The smallest absolute Gasteiger partial charge is 0.239 e. The van der Waals surface area contributed by atoms with Gasteiger partial charge in [0.25, 0.3) is 0 Å². The van der Waals surface area contributed by atoms with Crippen molar-refractivity contribution in [2.24, 2.45) is 5.41 Å². The van der Waals surface area contributed by atoms with Gasteiger partial charge in [-0.05, 0) is 45.2 Å². The molecule has 4 nitrogen and oxygen atoms in total. The van der Waals surface area contributed by atoms with Crippen LogP contribution in [0.15, 0.2) is 24.3 Å². The first-order valence-electron chi connectivity index (χ1n) is 7.09. The Morgan fingerprint density at radius 2 is 1.75 bits per heavy atom. The zero-order chi connectivity index (χ0) is 14.8. The normalized spacial score (nSPS) is 15.2. The lowest BCUT2D eigenvalue weighted by molar-refractivity contribution is -0.145. The van der Waals surface area contributed by atoms with E-state index in [-0.39, 0.29) is 11.8 Å². The first kappa shape index (κ1) is 14.6. The molecule has 1 fully saturated rings. The maximum Gasteiger partial charge on any atom is 0.239 e. The zero-order valence-corrected chi connectivity index (χ0v) is 12.4. The molecular formula is C16H22N2O2. The second kappa shape index (κ2) is 5.65. The van der Waals surface area contributed by atoms with E-state index in [0.717, 1.165) is 37.2 Å². The number of para-hydroxylation sites is 1. The van der Waals surface area contributed by atoms with E-state index >= 15 is 0 Å². The van der Waals surface area contributed by atoms with E-state index in [1.54, 1.807) is 18.7 Å². The van der Waals surface area contributed by atoms with Crippen LogP contribution in [-0.2, 0) is 9.59 Å². The van der Waals surface area contributed by atoms with Gasteiger partial charge in [-0.3, -0.25) is 9.59 Å². The third kappa shape index (κ3) is 2.84. The Balaban J connectivity index is 2.10. The Hall–Kier alpha value is -1.84. The summed E-state index contributed by atoms with van der Waals surface area (Å²) < 4.78 is 0. The molecule has 0 aliphatic carbocycles. The lowest BCUT2D eigenvalue weighted by Gasteiger charge is -2.28. The van der Waals surface area contributed by atoms with Crippen molar-refractivity contribution in [3.8, 4) is 0 Å². The molecule has 0 unspecified atom stereocenters. The molecule has 1 aromatic carbocycles. The first-order valence-corrected chi connectivity index (χ1v) is 7.09. The molecule has 2 amide bonds. The molecular weight excluding hydrogens is 252 g/mol. The quantitative estimate of drug-likeness (QED) is 0.861. The number of rotatable bonds is 3. The van der Waals surface area contributed by atoms with Gasteiger partial charge in [-0.15, -0.1) is 0 Å². The predicted octanol–water partition coefficient (Wildman–Crippen LogP) is 2.58. The summed E-state index contributed by atoms with van der Waals surface area (Å²) in [6.07, 6.45) is 2.06. The molecule has 1 heterocycles. The Morgan fingerprint density at radius 1 is 1.15 bits per heavy atom. The highest BCUT2D eigenvalue weighted by atomic mass is 16.2. The maximum absolute atomic E-state index is 12.4. The van der Waals surface area contributed by atoms with Crippen molar-refractivity contribution in [3.05, 3.63) is 29.8 Å². The fourth-order valence-corrected chi connectivity index (χ4v) is 2.40. The molecule has 0 bridgehead atoms. The van der Waals surface area contributed by atoms with Crippen LogP contribution in [0.2, 0.25) is 0 Å². The van der Waals surface area contributed by atoms with Crippen LogP contribution < -0.4 is 5.32 Å². The predicted molar refractivity (Wildman–Crippen MR) is 79.4 cm³/mol. The standard InChI is InChI=1S/C16H22N2O2/c1-12-8-4-5-9-13(12)17-14(19)16(2,3)15(20)18-10-6-7-11-18/h4-5,8-9H,6-7,10-11H2,1-3H3,(H,17,19).